The highest BCUT2D eigenvalue weighted by molar-refractivity contribution is 7.00. The maximum atomic E-state index is 14.7. The number of halogens is 1. The lowest BCUT2D eigenvalue weighted by Crippen LogP contribution is -2.61. The molecule has 0 unspecified atom stereocenters. The molecule has 0 aliphatic carbocycles. The van der Waals surface area contributed by atoms with Gasteiger partial charge in [-0.3, -0.25) is 0 Å². The van der Waals surface area contributed by atoms with Crippen LogP contribution in [0, 0.1) is 5.82 Å². The van der Waals surface area contributed by atoms with Gasteiger partial charge in [0.25, 0.3) is 6.71 Å². The summed E-state index contributed by atoms with van der Waals surface area (Å²) in [4.78, 5) is 2.50. The fraction of sp³-hybridized carbons (Fsp3) is 0.0769. The third-order valence-corrected chi connectivity index (χ3v) is 10.2. The van der Waals surface area contributed by atoms with Crippen LogP contribution in [0.4, 0.5) is 21.5 Å². The highest BCUT2D eigenvalue weighted by Gasteiger charge is 2.47. The monoisotopic (exact) mass is 552 g/mol. The highest BCUT2D eigenvalue weighted by atomic mass is 19.1. The van der Waals surface area contributed by atoms with Crippen molar-refractivity contribution in [2.45, 2.75) is 19.3 Å². The van der Waals surface area contributed by atoms with Gasteiger partial charge in [0.15, 0.2) is 0 Å². The van der Waals surface area contributed by atoms with Crippen LogP contribution >= 0.6 is 0 Å². The Hall–Kier alpha value is -5.09. The fourth-order valence-corrected chi connectivity index (χ4v) is 8.39. The summed E-state index contributed by atoms with van der Waals surface area (Å²) >= 11 is 0. The summed E-state index contributed by atoms with van der Waals surface area (Å²) < 4.78 is 17.1. The molecule has 3 aliphatic rings. The van der Waals surface area contributed by atoms with Crippen molar-refractivity contribution >= 4 is 62.0 Å². The Bertz CT molecular complexity index is 2360. The van der Waals surface area contributed by atoms with E-state index in [1.54, 1.807) is 6.07 Å². The van der Waals surface area contributed by atoms with Crippen molar-refractivity contribution in [3.8, 4) is 16.8 Å². The molecule has 0 atom stereocenters. The zero-order chi connectivity index (χ0) is 28.6. The van der Waals surface area contributed by atoms with Crippen LogP contribution < -0.4 is 21.3 Å². The Morgan fingerprint density at radius 1 is 0.605 bits per heavy atom. The molecule has 4 heterocycles. The van der Waals surface area contributed by atoms with E-state index in [0.717, 1.165) is 11.1 Å². The SMILES string of the molecule is CC1(C)c2ccccc2N2c3cc(-c4cccc(F)c4)cc4c3B(c3cccc1c32)c1cccc2c3ccccc3n-4c12. The molecule has 43 heavy (non-hydrogen) atoms. The molecule has 0 amide bonds. The Balaban J connectivity index is 1.43. The second-order valence-corrected chi connectivity index (χ2v) is 12.7. The number of rotatable bonds is 1. The smallest absolute Gasteiger partial charge is 0.252 e. The fourth-order valence-electron chi connectivity index (χ4n) is 8.39. The normalized spacial score (nSPS) is 15.0. The molecular formula is C39H26BFN2. The minimum Gasteiger partial charge on any atom is -0.311 e. The van der Waals surface area contributed by atoms with E-state index in [2.05, 4.69) is 120 Å². The average Bonchev–Trinajstić information content (AvgIpc) is 3.37. The van der Waals surface area contributed by atoms with Gasteiger partial charge >= 0.3 is 0 Å². The topological polar surface area (TPSA) is 8.17 Å². The third kappa shape index (κ3) is 2.79. The number of para-hydroxylation sites is 4. The number of aromatic nitrogens is 1. The number of hydrogen-bond donors (Lipinski definition) is 0. The predicted molar refractivity (Wildman–Crippen MR) is 178 cm³/mol. The lowest BCUT2D eigenvalue weighted by molar-refractivity contribution is 0.628. The Kier molecular flexibility index (Phi) is 4.28. The number of fused-ring (bicyclic) bond motifs is 9. The van der Waals surface area contributed by atoms with Crippen LogP contribution in [-0.4, -0.2) is 11.3 Å². The molecule has 0 bridgehead atoms. The second-order valence-electron chi connectivity index (χ2n) is 12.7. The number of nitrogens with zero attached hydrogens (tertiary/aromatic N) is 2. The zero-order valence-electron chi connectivity index (χ0n) is 23.9. The van der Waals surface area contributed by atoms with Gasteiger partial charge in [0, 0.05) is 38.8 Å². The summed E-state index contributed by atoms with van der Waals surface area (Å²) in [6.45, 7) is 4.78. The summed E-state index contributed by atoms with van der Waals surface area (Å²) in [6, 6.07) is 42.9. The summed E-state index contributed by atoms with van der Waals surface area (Å²) in [5, 5.41) is 2.53. The maximum Gasteiger partial charge on any atom is 0.252 e. The summed E-state index contributed by atoms with van der Waals surface area (Å²) in [6.07, 6.45) is 0. The second kappa shape index (κ2) is 7.84. The predicted octanol–water partition coefficient (Wildman–Crippen LogP) is 7.84. The van der Waals surface area contributed by atoms with E-state index in [4.69, 9.17) is 0 Å². The van der Waals surface area contributed by atoms with Gasteiger partial charge in [-0.1, -0.05) is 98.8 Å². The molecule has 4 heteroatoms. The van der Waals surface area contributed by atoms with E-state index in [1.165, 1.54) is 78.1 Å². The van der Waals surface area contributed by atoms with Gasteiger partial charge in [0.05, 0.1) is 11.2 Å². The molecule has 2 nitrogen and oxygen atoms in total. The van der Waals surface area contributed by atoms with Crippen LogP contribution in [0.15, 0.2) is 121 Å². The molecule has 1 aromatic heterocycles. The van der Waals surface area contributed by atoms with Gasteiger partial charge in [0.2, 0.25) is 0 Å². The first kappa shape index (κ1) is 23.5. The van der Waals surface area contributed by atoms with E-state index in [0.29, 0.717) is 0 Å². The first-order valence-electron chi connectivity index (χ1n) is 15.0. The van der Waals surface area contributed by atoms with E-state index >= 15 is 0 Å². The van der Waals surface area contributed by atoms with Crippen molar-refractivity contribution in [3.63, 3.8) is 0 Å². The van der Waals surface area contributed by atoms with E-state index in [-0.39, 0.29) is 17.9 Å². The zero-order valence-corrected chi connectivity index (χ0v) is 23.9. The van der Waals surface area contributed by atoms with Crippen molar-refractivity contribution in [2.75, 3.05) is 4.90 Å². The van der Waals surface area contributed by atoms with E-state index in [1.807, 2.05) is 12.1 Å². The lowest BCUT2D eigenvalue weighted by Gasteiger charge is -2.48. The Morgan fingerprint density at radius 3 is 2.23 bits per heavy atom. The molecule has 3 aliphatic heterocycles. The summed E-state index contributed by atoms with van der Waals surface area (Å²) in [5.74, 6) is -0.224. The molecule has 10 rings (SSSR count). The van der Waals surface area contributed by atoms with Gasteiger partial charge in [0.1, 0.15) is 5.82 Å². The van der Waals surface area contributed by atoms with Crippen molar-refractivity contribution in [1.82, 2.24) is 4.57 Å². The van der Waals surface area contributed by atoms with Crippen LogP contribution in [0.2, 0.25) is 0 Å². The van der Waals surface area contributed by atoms with Gasteiger partial charge in [-0.25, -0.2) is 4.39 Å². The molecule has 0 saturated carbocycles. The largest absolute Gasteiger partial charge is 0.311 e. The standard InChI is InChI=1S/C39H26BFN2/c1-39(2)28-14-4-6-19-33(28)43-35-22-24(23-10-7-11-25(41)20-23)21-34-36(35)40(31-17-9-15-29(39)38(31)43)30-16-8-13-27-26-12-3-5-18-32(26)42(34)37(27)30/h3-22H,1-2H3. The van der Waals surface area contributed by atoms with Gasteiger partial charge < -0.3 is 9.47 Å². The van der Waals surface area contributed by atoms with Crippen molar-refractivity contribution < 1.29 is 4.39 Å². The highest BCUT2D eigenvalue weighted by Crippen LogP contribution is 2.53. The minimum absolute atomic E-state index is 0.0827. The van der Waals surface area contributed by atoms with Gasteiger partial charge in [-0.05, 0) is 75.0 Å². The van der Waals surface area contributed by atoms with Gasteiger partial charge in [-0.15, -0.1) is 0 Å². The molecule has 202 valence electrons. The number of hydrogen-bond acceptors (Lipinski definition) is 1. The summed E-state index contributed by atoms with van der Waals surface area (Å²) in [7, 11) is 0. The van der Waals surface area contributed by atoms with Gasteiger partial charge in [-0.2, -0.15) is 0 Å². The molecule has 0 spiro atoms. The minimum atomic E-state index is -0.224. The molecule has 0 radical (unpaired) electrons. The van der Waals surface area contributed by atoms with Crippen LogP contribution in [0.5, 0.6) is 0 Å². The van der Waals surface area contributed by atoms with Crippen LogP contribution in [0.25, 0.3) is 38.6 Å². The maximum absolute atomic E-state index is 14.7. The van der Waals surface area contributed by atoms with Crippen LogP contribution in [0.3, 0.4) is 0 Å². The van der Waals surface area contributed by atoms with Crippen LogP contribution in [-0.2, 0) is 5.41 Å². The van der Waals surface area contributed by atoms with E-state index < -0.39 is 0 Å². The third-order valence-electron chi connectivity index (χ3n) is 10.2. The number of anilines is 3. The summed E-state index contributed by atoms with van der Waals surface area (Å²) in [5.41, 5.74) is 15.7. The van der Waals surface area contributed by atoms with Crippen molar-refractivity contribution in [3.05, 3.63) is 138 Å². The Morgan fingerprint density at radius 2 is 1.33 bits per heavy atom. The van der Waals surface area contributed by atoms with Crippen molar-refractivity contribution in [2.24, 2.45) is 0 Å². The molecule has 0 fully saturated rings. The lowest BCUT2D eigenvalue weighted by atomic mass is 9.33. The van der Waals surface area contributed by atoms with Crippen molar-refractivity contribution in [1.29, 1.82) is 0 Å². The quantitative estimate of drug-likeness (QED) is 0.188. The molecule has 0 N–H and O–H groups in total. The van der Waals surface area contributed by atoms with E-state index in [9.17, 15) is 4.39 Å². The number of benzene rings is 6. The average molecular weight is 552 g/mol. The molecule has 7 aromatic rings. The molecular weight excluding hydrogens is 526 g/mol. The molecule has 0 saturated heterocycles. The molecule has 6 aromatic carbocycles. The first-order valence-corrected chi connectivity index (χ1v) is 15.0. The first-order chi connectivity index (χ1) is 21.0. The van der Waals surface area contributed by atoms with Crippen LogP contribution in [0.1, 0.15) is 25.0 Å². The Labute approximate surface area is 249 Å².